The van der Waals surface area contributed by atoms with Crippen LogP contribution in [0.5, 0.6) is 0 Å². The SMILES string of the molecule is O=C(Cc1ccc(F)c(Br)c1)c1cncc(F)c1. The van der Waals surface area contributed by atoms with E-state index in [0.29, 0.717) is 10.0 Å². The van der Waals surface area contributed by atoms with Crippen molar-refractivity contribution in [3.63, 3.8) is 0 Å². The highest BCUT2D eigenvalue weighted by molar-refractivity contribution is 9.10. The Morgan fingerprint density at radius 3 is 2.67 bits per heavy atom. The first-order chi connectivity index (χ1) is 8.56. The van der Waals surface area contributed by atoms with Gasteiger partial charge in [-0.05, 0) is 39.7 Å². The van der Waals surface area contributed by atoms with E-state index in [1.165, 1.54) is 24.4 Å². The van der Waals surface area contributed by atoms with Gasteiger partial charge in [0, 0.05) is 18.2 Å². The summed E-state index contributed by atoms with van der Waals surface area (Å²) in [5.41, 5.74) is 0.855. The van der Waals surface area contributed by atoms with Crippen LogP contribution < -0.4 is 0 Å². The summed E-state index contributed by atoms with van der Waals surface area (Å²) in [6.07, 6.45) is 2.42. The Kier molecular flexibility index (Phi) is 3.81. The summed E-state index contributed by atoms with van der Waals surface area (Å²) < 4.78 is 26.2. The second kappa shape index (κ2) is 5.35. The maximum absolute atomic E-state index is 13.0. The zero-order valence-electron chi connectivity index (χ0n) is 9.16. The Hall–Kier alpha value is -1.62. The molecule has 1 heterocycles. The van der Waals surface area contributed by atoms with Gasteiger partial charge in [0.25, 0.3) is 0 Å². The average Bonchev–Trinajstić information content (AvgIpc) is 2.34. The fourth-order valence-corrected chi connectivity index (χ4v) is 1.93. The average molecular weight is 312 g/mol. The molecule has 0 radical (unpaired) electrons. The summed E-state index contributed by atoms with van der Waals surface area (Å²) in [7, 11) is 0. The lowest BCUT2D eigenvalue weighted by molar-refractivity contribution is 0.0992. The number of Topliss-reactive ketones (excluding diaryl/α,β-unsaturated/α-hetero) is 1. The lowest BCUT2D eigenvalue weighted by Gasteiger charge is -2.03. The van der Waals surface area contributed by atoms with Gasteiger partial charge in [-0.25, -0.2) is 8.78 Å². The molecular formula is C13H8BrF2NO. The zero-order chi connectivity index (χ0) is 13.1. The van der Waals surface area contributed by atoms with Gasteiger partial charge < -0.3 is 0 Å². The Morgan fingerprint density at radius 2 is 2.00 bits per heavy atom. The van der Waals surface area contributed by atoms with Crippen LogP contribution in [0.25, 0.3) is 0 Å². The van der Waals surface area contributed by atoms with Crippen LogP contribution in [0.15, 0.2) is 41.1 Å². The molecular weight excluding hydrogens is 304 g/mol. The van der Waals surface area contributed by atoms with Crippen molar-refractivity contribution in [1.82, 2.24) is 4.98 Å². The molecule has 0 aliphatic heterocycles. The van der Waals surface area contributed by atoms with E-state index in [1.807, 2.05) is 0 Å². The van der Waals surface area contributed by atoms with Crippen molar-refractivity contribution in [1.29, 1.82) is 0 Å². The first kappa shape index (κ1) is 12.8. The van der Waals surface area contributed by atoms with Crippen molar-refractivity contribution in [2.75, 3.05) is 0 Å². The molecule has 18 heavy (non-hydrogen) atoms. The third-order valence-electron chi connectivity index (χ3n) is 2.38. The van der Waals surface area contributed by atoms with E-state index in [9.17, 15) is 13.6 Å². The molecule has 1 aromatic heterocycles. The Labute approximate surface area is 111 Å². The molecule has 0 saturated carbocycles. The van der Waals surface area contributed by atoms with E-state index in [1.54, 1.807) is 0 Å². The van der Waals surface area contributed by atoms with Gasteiger partial charge >= 0.3 is 0 Å². The minimum atomic E-state index is -0.555. The van der Waals surface area contributed by atoms with Crippen molar-refractivity contribution < 1.29 is 13.6 Å². The first-order valence-corrected chi connectivity index (χ1v) is 5.93. The Balaban J connectivity index is 2.18. The second-order valence-electron chi connectivity index (χ2n) is 3.74. The van der Waals surface area contributed by atoms with Gasteiger partial charge in [-0.15, -0.1) is 0 Å². The maximum atomic E-state index is 13.0. The van der Waals surface area contributed by atoms with E-state index in [-0.39, 0.29) is 17.8 Å². The number of halogens is 3. The van der Waals surface area contributed by atoms with Gasteiger partial charge in [0.15, 0.2) is 5.78 Å². The fourth-order valence-electron chi connectivity index (χ4n) is 1.50. The molecule has 1 aromatic carbocycles. The molecule has 5 heteroatoms. The normalized spacial score (nSPS) is 10.4. The predicted octanol–water partition coefficient (Wildman–Crippen LogP) is 3.55. The maximum Gasteiger partial charge on any atom is 0.168 e. The van der Waals surface area contributed by atoms with Crippen molar-refractivity contribution in [2.24, 2.45) is 0 Å². The van der Waals surface area contributed by atoms with Crippen molar-refractivity contribution in [3.05, 3.63) is 63.9 Å². The molecule has 0 atom stereocenters. The number of aromatic nitrogens is 1. The third-order valence-corrected chi connectivity index (χ3v) is 2.98. The van der Waals surface area contributed by atoms with Crippen LogP contribution in [0.2, 0.25) is 0 Å². The summed E-state index contributed by atoms with van der Waals surface area (Å²) in [6, 6.07) is 5.45. The summed E-state index contributed by atoms with van der Waals surface area (Å²) in [5, 5.41) is 0. The third kappa shape index (κ3) is 2.98. The molecule has 0 N–H and O–H groups in total. The molecule has 0 bridgehead atoms. The number of rotatable bonds is 3. The van der Waals surface area contributed by atoms with Crippen LogP contribution in [-0.2, 0) is 6.42 Å². The van der Waals surface area contributed by atoms with Gasteiger partial charge in [0.1, 0.15) is 11.6 Å². The van der Waals surface area contributed by atoms with E-state index in [0.717, 1.165) is 12.3 Å². The number of carbonyl (C=O) groups excluding carboxylic acids is 1. The molecule has 0 amide bonds. The van der Waals surface area contributed by atoms with Gasteiger partial charge in [-0.3, -0.25) is 9.78 Å². The van der Waals surface area contributed by atoms with Crippen LogP contribution >= 0.6 is 15.9 Å². The highest BCUT2D eigenvalue weighted by Crippen LogP contribution is 2.18. The van der Waals surface area contributed by atoms with E-state index >= 15 is 0 Å². The molecule has 2 nitrogen and oxygen atoms in total. The smallest absolute Gasteiger partial charge is 0.168 e. The Morgan fingerprint density at radius 1 is 1.22 bits per heavy atom. The van der Waals surface area contributed by atoms with E-state index in [4.69, 9.17) is 0 Å². The topological polar surface area (TPSA) is 30.0 Å². The number of hydrogen-bond donors (Lipinski definition) is 0. The van der Waals surface area contributed by atoms with Crippen LogP contribution in [0.1, 0.15) is 15.9 Å². The van der Waals surface area contributed by atoms with Crippen LogP contribution in [0.3, 0.4) is 0 Å². The number of nitrogens with zero attached hydrogens (tertiary/aromatic N) is 1. The molecule has 2 aromatic rings. The standard InChI is InChI=1S/C13H8BrF2NO/c14-11-3-8(1-2-12(11)16)4-13(18)9-5-10(15)7-17-6-9/h1-3,5-7H,4H2. The largest absolute Gasteiger partial charge is 0.294 e. The molecule has 0 unspecified atom stereocenters. The minimum Gasteiger partial charge on any atom is -0.294 e. The molecule has 0 saturated heterocycles. The quantitative estimate of drug-likeness (QED) is 0.811. The van der Waals surface area contributed by atoms with Crippen molar-refractivity contribution >= 4 is 21.7 Å². The second-order valence-corrected chi connectivity index (χ2v) is 4.59. The van der Waals surface area contributed by atoms with E-state index < -0.39 is 11.6 Å². The van der Waals surface area contributed by atoms with Crippen LogP contribution in [-0.4, -0.2) is 10.8 Å². The molecule has 0 fully saturated rings. The van der Waals surface area contributed by atoms with Gasteiger partial charge in [0.2, 0.25) is 0 Å². The number of hydrogen-bond acceptors (Lipinski definition) is 2. The number of benzene rings is 1. The zero-order valence-corrected chi connectivity index (χ0v) is 10.7. The highest BCUT2D eigenvalue weighted by atomic mass is 79.9. The van der Waals surface area contributed by atoms with Gasteiger partial charge in [0.05, 0.1) is 10.7 Å². The molecule has 0 aliphatic carbocycles. The summed E-state index contributed by atoms with van der Waals surface area (Å²) in [6.45, 7) is 0. The lowest BCUT2D eigenvalue weighted by Crippen LogP contribution is -2.04. The van der Waals surface area contributed by atoms with Crippen LogP contribution in [0, 0.1) is 11.6 Å². The molecule has 0 aliphatic rings. The summed E-state index contributed by atoms with van der Waals surface area (Å²) in [4.78, 5) is 15.5. The van der Waals surface area contributed by atoms with Gasteiger partial charge in [-0.2, -0.15) is 0 Å². The van der Waals surface area contributed by atoms with Crippen molar-refractivity contribution in [2.45, 2.75) is 6.42 Å². The van der Waals surface area contributed by atoms with Gasteiger partial charge in [-0.1, -0.05) is 6.07 Å². The predicted molar refractivity (Wildman–Crippen MR) is 66.3 cm³/mol. The van der Waals surface area contributed by atoms with Crippen LogP contribution in [0.4, 0.5) is 8.78 Å². The minimum absolute atomic E-state index is 0.0734. The highest BCUT2D eigenvalue weighted by Gasteiger charge is 2.10. The first-order valence-electron chi connectivity index (χ1n) is 5.14. The summed E-state index contributed by atoms with van der Waals surface area (Å²) in [5.74, 6) is -1.21. The molecule has 0 spiro atoms. The molecule has 92 valence electrons. The summed E-state index contributed by atoms with van der Waals surface area (Å²) >= 11 is 3.05. The lowest BCUT2D eigenvalue weighted by atomic mass is 10.0. The Bertz CT molecular complexity index is 601. The van der Waals surface area contributed by atoms with E-state index in [2.05, 4.69) is 20.9 Å². The number of ketones is 1. The monoisotopic (exact) mass is 311 g/mol. The molecule has 2 rings (SSSR count). The van der Waals surface area contributed by atoms with Crippen molar-refractivity contribution in [3.8, 4) is 0 Å². The number of carbonyl (C=O) groups is 1. The fraction of sp³-hybridized carbons (Fsp3) is 0.0769. The number of pyridine rings is 1.